The average Bonchev–Trinajstić information content (AvgIpc) is 3.25. The molecule has 0 aromatic heterocycles. The van der Waals surface area contributed by atoms with Gasteiger partial charge in [0.25, 0.3) is 5.91 Å². The molecule has 0 saturated carbocycles. The van der Waals surface area contributed by atoms with Gasteiger partial charge in [0.05, 0.1) is 30.6 Å². The van der Waals surface area contributed by atoms with E-state index in [1.807, 2.05) is 61.5 Å². The summed E-state index contributed by atoms with van der Waals surface area (Å²) in [6.07, 6.45) is 5.91. The van der Waals surface area contributed by atoms with Gasteiger partial charge in [0.2, 0.25) is 5.91 Å². The predicted octanol–water partition coefficient (Wildman–Crippen LogP) is 5.11. The van der Waals surface area contributed by atoms with Crippen LogP contribution in [0.25, 0.3) is 0 Å². The molecule has 9 nitrogen and oxygen atoms in total. The van der Waals surface area contributed by atoms with Gasteiger partial charge < -0.3 is 30.3 Å². The number of aliphatic hydroxyl groups is 3. The highest BCUT2D eigenvalue weighted by Crippen LogP contribution is 2.47. The number of carbonyl (C=O) groups excluding carboxylic acids is 2. The smallest absolute Gasteiger partial charge is 0.264 e. The van der Waals surface area contributed by atoms with Crippen LogP contribution in [0.5, 0.6) is 5.75 Å². The summed E-state index contributed by atoms with van der Waals surface area (Å²) in [7, 11) is 0. The fourth-order valence-electron chi connectivity index (χ4n) is 6.29. The van der Waals surface area contributed by atoms with Gasteiger partial charge in [-0.1, -0.05) is 47.1 Å². The fraction of sp³-hybridized carbons (Fsp3) is 0.389. The quantitative estimate of drug-likeness (QED) is 0.137. The third-order valence-electron chi connectivity index (χ3n) is 8.64. The van der Waals surface area contributed by atoms with Gasteiger partial charge in [-0.3, -0.25) is 14.5 Å². The number of hydrogen-bond donors (Lipinski definition) is 4. The Morgan fingerprint density at radius 1 is 1.07 bits per heavy atom. The first kappa shape index (κ1) is 33.8. The fourth-order valence-corrected chi connectivity index (χ4v) is 6.65. The second kappa shape index (κ2) is 14.9. The molecule has 0 bridgehead atoms. The minimum atomic E-state index is -1.78. The van der Waals surface area contributed by atoms with Gasteiger partial charge in [-0.2, -0.15) is 0 Å². The van der Waals surface area contributed by atoms with E-state index < -0.39 is 23.5 Å². The number of carbonyl (C=O) groups is 2. The number of aliphatic hydroxyl groups excluding tert-OH is 2. The van der Waals surface area contributed by atoms with Gasteiger partial charge in [0.15, 0.2) is 5.60 Å². The summed E-state index contributed by atoms with van der Waals surface area (Å²) in [6, 6.07) is 18.4. The number of benzene rings is 3. The Kier molecular flexibility index (Phi) is 11.0. The molecule has 2 heterocycles. The SMILES string of the molecule is CCOc1ccc2c(c1)CC(NCCCCO)C(=O)N2c1cccc(CN2C(=O)[C@](O)([C@H](C)/C=C/CCO)c3cc(Br)ccc32)c1. The zero-order valence-electron chi connectivity index (χ0n) is 26.3. The number of anilines is 3. The molecule has 3 aromatic rings. The van der Waals surface area contributed by atoms with E-state index >= 15 is 0 Å². The molecule has 1 unspecified atom stereocenters. The minimum Gasteiger partial charge on any atom is -0.494 e. The number of unbranched alkanes of at least 4 members (excludes halogenated alkanes) is 1. The number of fused-ring (bicyclic) bond motifs is 2. The summed E-state index contributed by atoms with van der Waals surface area (Å²) in [4.78, 5) is 31.3. The Hall–Kier alpha value is -3.54. The molecule has 0 radical (unpaired) electrons. The molecule has 2 aliphatic heterocycles. The second-order valence-electron chi connectivity index (χ2n) is 11.8. The zero-order valence-corrected chi connectivity index (χ0v) is 27.9. The highest BCUT2D eigenvalue weighted by Gasteiger charge is 2.52. The molecule has 3 atom stereocenters. The summed E-state index contributed by atoms with van der Waals surface area (Å²) in [5, 5.41) is 33.7. The maximum atomic E-state index is 14.0. The van der Waals surface area contributed by atoms with Crippen molar-refractivity contribution in [2.24, 2.45) is 5.92 Å². The van der Waals surface area contributed by atoms with Crippen LogP contribution in [0.4, 0.5) is 17.1 Å². The highest BCUT2D eigenvalue weighted by molar-refractivity contribution is 9.10. The third-order valence-corrected chi connectivity index (χ3v) is 9.13. The van der Waals surface area contributed by atoms with E-state index in [1.165, 1.54) is 0 Å². The molecule has 3 aromatic carbocycles. The van der Waals surface area contributed by atoms with E-state index in [9.17, 15) is 24.9 Å². The van der Waals surface area contributed by atoms with Gasteiger partial charge in [0.1, 0.15) is 5.75 Å². The van der Waals surface area contributed by atoms with E-state index in [1.54, 1.807) is 34.9 Å². The second-order valence-corrected chi connectivity index (χ2v) is 12.7. The number of rotatable bonds is 14. The van der Waals surface area contributed by atoms with Crippen molar-refractivity contribution in [2.45, 2.75) is 57.7 Å². The molecule has 2 aliphatic rings. The molecule has 46 heavy (non-hydrogen) atoms. The number of hydrogen-bond acceptors (Lipinski definition) is 7. The molecule has 0 spiro atoms. The lowest BCUT2D eigenvalue weighted by Crippen LogP contribution is -2.49. The van der Waals surface area contributed by atoms with Crippen molar-refractivity contribution in [3.8, 4) is 5.75 Å². The van der Waals surface area contributed by atoms with Crippen LogP contribution < -0.4 is 19.9 Å². The van der Waals surface area contributed by atoms with Gasteiger partial charge in [-0.15, -0.1) is 0 Å². The lowest BCUT2D eigenvalue weighted by atomic mass is 9.83. The molecule has 2 amide bonds. The number of nitrogens with zero attached hydrogens (tertiary/aromatic N) is 2. The molecular weight excluding hydrogens is 650 g/mol. The molecule has 10 heteroatoms. The van der Waals surface area contributed by atoms with E-state index in [4.69, 9.17) is 4.74 Å². The number of halogens is 1. The summed E-state index contributed by atoms with van der Waals surface area (Å²) in [5.41, 5.74) is 2.60. The number of ether oxygens (including phenoxy) is 1. The van der Waals surface area contributed by atoms with Crippen molar-refractivity contribution in [1.82, 2.24) is 5.32 Å². The molecule has 0 aliphatic carbocycles. The first-order chi connectivity index (χ1) is 22.2. The van der Waals surface area contributed by atoms with Crippen LogP contribution in [0, 0.1) is 5.92 Å². The lowest BCUT2D eigenvalue weighted by Gasteiger charge is -2.35. The van der Waals surface area contributed by atoms with Crippen LogP contribution in [0.2, 0.25) is 0 Å². The van der Waals surface area contributed by atoms with Crippen LogP contribution in [-0.2, 0) is 28.2 Å². The molecule has 5 rings (SSSR count). The Labute approximate surface area is 278 Å². The van der Waals surface area contributed by atoms with Gasteiger partial charge >= 0.3 is 0 Å². The van der Waals surface area contributed by atoms with E-state index in [-0.39, 0.29) is 25.7 Å². The summed E-state index contributed by atoms with van der Waals surface area (Å²) >= 11 is 3.50. The van der Waals surface area contributed by atoms with Crippen LogP contribution in [0.15, 0.2) is 77.3 Å². The van der Waals surface area contributed by atoms with Gasteiger partial charge in [-0.25, -0.2) is 0 Å². The third kappa shape index (κ3) is 6.77. The van der Waals surface area contributed by atoms with Gasteiger partial charge in [0, 0.05) is 34.9 Å². The highest BCUT2D eigenvalue weighted by atomic mass is 79.9. The first-order valence-corrected chi connectivity index (χ1v) is 16.7. The Morgan fingerprint density at radius 2 is 1.87 bits per heavy atom. The molecule has 0 fully saturated rings. The largest absolute Gasteiger partial charge is 0.494 e. The van der Waals surface area contributed by atoms with Gasteiger partial charge in [-0.05, 0) is 98.8 Å². The molecule has 0 saturated heterocycles. The summed E-state index contributed by atoms with van der Waals surface area (Å²) < 4.78 is 6.51. The maximum absolute atomic E-state index is 14.0. The predicted molar refractivity (Wildman–Crippen MR) is 182 cm³/mol. The number of amides is 2. The van der Waals surface area contributed by atoms with Crippen LogP contribution in [0.3, 0.4) is 0 Å². The maximum Gasteiger partial charge on any atom is 0.264 e. The van der Waals surface area contributed by atoms with Crippen LogP contribution in [-0.4, -0.2) is 59.5 Å². The van der Waals surface area contributed by atoms with Crippen molar-refractivity contribution in [1.29, 1.82) is 0 Å². The normalized spacial score (nSPS) is 19.9. The Bertz CT molecular complexity index is 1600. The molecule has 4 N–H and O–H groups in total. The van der Waals surface area contributed by atoms with Crippen molar-refractivity contribution < 1.29 is 29.6 Å². The summed E-state index contributed by atoms with van der Waals surface area (Å²) in [5.74, 6) is -0.304. The van der Waals surface area contributed by atoms with Crippen LogP contribution in [0.1, 0.15) is 49.8 Å². The van der Waals surface area contributed by atoms with E-state index in [0.717, 1.165) is 33.5 Å². The van der Waals surface area contributed by atoms with Crippen molar-refractivity contribution >= 4 is 44.8 Å². The Balaban J connectivity index is 1.47. The topological polar surface area (TPSA) is 123 Å². The first-order valence-electron chi connectivity index (χ1n) is 15.9. The van der Waals surface area contributed by atoms with E-state index in [0.29, 0.717) is 49.4 Å². The lowest BCUT2D eigenvalue weighted by molar-refractivity contribution is -0.139. The van der Waals surface area contributed by atoms with Crippen molar-refractivity contribution in [3.05, 3.63) is 94.0 Å². The van der Waals surface area contributed by atoms with Crippen LogP contribution >= 0.6 is 15.9 Å². The van der Waals surface area contributed by atoms with E-state index in [2.05, 4.69) is 21.2 Å². The minimum absolute atomic E-state index is 0.0155. The van der Waals surface area contributed by atoms with Crippen molar-refractivity contribution in [2.75, 3.05) is 36.2 Å². The average molecular weight is 693 g/mol. The molecule has 244 valence electrons. The Morgan fingerprint density at radius 3 is 2.63 bits per heavy atom. The monoisotopic (exact) mass is 691 g/mol. The summed E-state index contributed by atoms with van der Waals surface area (Å²) in [6.45, 7) is 5.16. The molecular formula is C36H42BrN3O6. The number of nitrogens with one attached hydrogen (secondary N) is 1. The zero-order chi connectivity index (χ0) is 32.8. The van der Waals surface area contributed by atoms with Crippen molar-refractivity contribution in [3.63, 3.8) is 0 Å². The standard InChI is InChI=1S/C36H42BrN3O6/c1-3-46-29-13-15-32-26(20-29)21-31(38-16-5-7-18-42)34(43)40(32)28-11-8-10-25(19-28)23-39-33-14-12-27(37)22-30(33)36(45,35(39)44)24(2)9-4-6-17-41/h4,8-15,19-20,22,24,31,38,41-42,45H,3,5-7,16-18,21,23H2,1-2H3/b9-4+/t24-,31?,36+/m1/s1.